The number of hydrogen-bond donors (Lipinski definition) is 3. The predicted octanol–water partition coefficient (Wildman–Crippen LogP) is 2.03. The van der Waals surface area contributed by atoms with Gasteiger partial charge in [0.1, 0.15) is 5.75 Å². The molecule has 6 nitrogen and oxygen atoms in total. The maximum atomic E-state index is 12.1. The number of carbonyl (C=O) groups is 1. The predicted molar refractivity (Wildman–Crippen MR) is 108 cm³/mol. The normalized spacial score (nSPS) is 17.1. The Morgan fingerprint density at radius 1 is 1.11 bits per heavy atom. The van der Waals surface area contributed by atoms with E-state index in [1.165, 1.54) is 30.4 Å². The Balaban J connectivity index is 1.30. The third-order valence-electron chi connectivity index (χ3n) is 5.38. The van der Waals surface area contributed by atoms with Gasteiger partial charge in [-0.15, -0.1) is 0 Å². The Kier molecular flexibility index (Phi) is 7.36. The molecule has 0 radical (unpaired) electrons. The zero-order valence-electron chi connectivity index (χ0n) is 16.4. The number of carbonyl (C=O) groups excluding carboxylic acids is 1. The van der Waals surface area contributed by atoms with E-state index in [1.807, 2.05) is 0 Å². The minimum atomic E-state index is 0.208. The molecule has 0 atom stereocenters. The van der Waals surface area contributed by atoms with Gasteiger partial charge in [-0.2, -0.15) is 0 Å². The van der Waals surface area contributed by atoms with E-state index in [0.29, 0.717) is 13.1 Å². The summed E-state index contributed by atoms with van der Waals surface area (Å²) in [5.41, 5.74) is 2.62. The maximum absolute atomic E-state index is 12.1. The third kappa shape index (κ3) is 5.88. The van der Waals surface area contributed by atoms with Crippen molar-refractivity contribution in [2.24, 2.45) is 10.9 Å². The summed E-state index contributed by atoms with van der Waals surface area (Å²) < 4.78 is 5.55. The van der Waals surface area contributed by atoms with Crippen molar-refractivity contribution in [1.29, 1.82) is 0 Å². The van der Waals surface area contributed by atoms with Crippen molar-refractivity contribution in [2.45, 2.75) is 44.9 Å². The SMILES string of the molecule is CN=C(NCCNC(=O)C1CCCCC1)NCCc1ccc2c(c1)CCO2. The molecular formula is C21H32N4O2. The van der Waals surface area contributed by atoms with Crippen LogP contribution >= 0.6 is 0 Å². The molecule has 27 heavy (non-hydrogen) atoms. The minimum Gasteiger partial charge on any atom is -0.493 e. The second kappa shape index (κ2) is 10.2. The molecule has 1 amide bonds. The first-order valence-electron chi connectivity index (χ1n) is 10.2. The average Bonchev–Trinajstić information content (AvgIpc) is 3.18. The van der Waals surface area contributed by atoms with E-state index in [0.717, 1.165) is 50.5 Å². The van der Waals surface area contributed by atoms with Gasteiger partial charge < -0.3 is 20.7 Å². The second-order valence-corrected chi connectivity index (χ2v) is 7.34. The first kappa shape index (κ1) is 19.5. The lowest BCUT2D eigenvalue weighted by Gasteiger charge is -2.21. The van der Waals surface area contributed by atoms with Crippen molar-refractivity contribution in [2.75, 3.05) is 33.3 Å². The first-order valence-corrected chi connectivity index (χ1v) is 10.2. The zero-order valence-corrected chi connectivity index (χ0v) is 16.4. The van der Waals surface area contributed by atoms with Crippen molar-refractivity contribution in [3.63, 3.8) is 0 Å². The number of amides is 1. The van der Waals surface area contributed by atoms with Crippen molar-refractivity contribution >= 4 is 11.9 Å². The van der Waals surface area contributed by atoms with E-state index < -0.39 is 0 Å². The summed E-state index contributed by atoms with van der Waals surface area (Å²) in [4.78, 5) is 16.4. The van der Waals surface area contributed by atoms with Gasteiger partial charge in [-0.25, -0.2) is 0 Å². The molecule has 3 N–H and O–H groups in total. The summed E-state index contributed by atoms with van der Waals surface area (Å²) in [6.07, 6.45) is 7.66. The maximum Gasteiger partial charge on any atom is 0.223 e. The van der Waals surface area contributed by atoms with E-state index in [2.05, 4.69) is 39.1 Å². The number of aliphatic imine (C=N–C) groups is 1. The number of nitrogens with zero attached hydrogens (tertiary/aromatic N) is 1. The van der Waals surface area contributed by atoms with Gasteiger partial charge in [-0.3, -0.25) is 9.79 Å². The van der Waals surface area contributed by atoms with Crippen molar-refractivity contribution in [1.82, 2.24) is 16.0 Å². The summed E-state index contributed by atoms with van der Waals surface area (Å²) >= 11 is 0. The second-order valence-electron chi connectivity index (χ2n) is 7.34. The van der Waals surface area contributed by atoms with E-state index in [4.69, 9.17) is 4.74 Å². The zero-order chi connectivity index (χ0) is 18.9. The van der Waals surface area contributed by atoms with Gasteiger partial charge in [0.15, 0.2) is 5.96 Å². The third-order valence-corrected chi connectivity index (χ3v) is 5.38. The number of nitrogens with one attached hydrogen (secondary N) is 3. The molecule has 1 saturated carbocycles. The molecule has 1 aliphatic carbocycles. The van der Waals surface area contributed by atoms with Crippen LogP contribution in [-0.4, -0.2) is 45.2 Å². The van der Waals surface area contributed by atoms with Crippen LogP contribution in [0.5, 0.6) is 5.75 Å². The molecule has 1 aliphatic heterocycles. The fourth-order valence-corrected chi connectivity index (χ4v) is 3.82. The van der Waals surface area contributed by atoms with Crippen molar-refractivity contribution < 1.29 is 9.53 Å². The molecule has 0 spiro atoms. The summed E-state index contributed by atoms with van der Waals surface area (Å²) in [6, 6.07) is 6.43. The summed E-state index contributed by atoms with van der Waals surface area (Å²) in [6.45, 7) is 2.91. The summed E-state index contributed by atoms with van der Waals surface area (Å²) in [5.74, 6) is 2.22. The van der Waals surface area contributed by atoms with Crippen LogP contribution in [0.15, 0.2) is 23.2 Å². The van der Waals surface area contributed by atoms with Gasteiger partial charge >= 0.3 is 0 Å². The van der Waals surface area contributed by atoms with Crippen LogP contribution < -0.4 is 20.7 Å². The Bertz CT molecular complexity index is 654. The van der Waals surface area contributed by atoms with Crippen LogP contribution in [0.25, 0.3) is 0 Å². The lowest BCUT2D eigenvalue weighted by atomic mass is 9.89. The van der Waals surface area contributed by atoms with Crippen LogP contribution in [0.1, 0.15) is 43.2 Å². The molecule has 0 bridgehead atoms. The largest absolute Gasteiger partial charge is 0.493 e. The van der Waals surface area contributed by atoms with Crippen LogP contribution in [0.4, 0.5) is 0 Å². The van der Waals surface area contributed by atoms with E-state index in [9.17, 15) is 4.79 Å². The molecule has 1 fully saturated rings. The Morgan fingerprint density at radius 3 is 2.70 bits per heavy atom. The standard InChI is InChI=1S/C21H32N4O2/c1-22-21(25-13-12-23-20(26)17-5-3-2-4-6-17)24-11-9-16-7-8-19-18(15-16)10-14-27-19/h7-8,15,17H,2-6,9-14H2,1H3,(H,23,26)(H2,22,24,25). The molecule has 1 heterocycles. The summed E-state index contributed by atoms with van der Waals surface area (Å²) in [5, 5.41) is 9.63. The monoisotopic (exact) mass is 372 g/mol. The number of rotatable bonds is 7. The van der Waals surface area contributed by atoms with Gasteiger partial charge in [0.25, 0.3) is 0 Å². The number of ether oxygens (including phenoxy) is 1. The van der Waals surface area contributed by atoms with Gasteiger partial charge in [-0.05, 0) is 36.5 Å². The molecule has 6 heteroatoms. The topological polar surface area (TPSA) is 74.8 Å². The van der Waals surface area contributed by atoms with Gasteiger partial charge in [0, 0.05) is 39.0 Å². The van der Waals surface area contributed by atoms with Crippen LogP contribution in [-0.2, 0) is 17.6 Å². The molecule has 1 aromatic rings. The Labute approximate surface area is 162 Å². The van der Waals surface area contributed by atoms with Gasteiger partial charge in [0.05, 0.1) is 6.61 Å². The number of guanidine groups is 1. The molecular weight excluding hydrogens is 340 g/mol. The van der Waals surface area contributed by atoms with Crippen molar-refractivity contribution in [3.05, 3.63) is 29.3 Å². The van der Waals surface area contributed by atoms with E-state index in [-0.39, 0.29) is 11.8 Å². The Morgan fingerprint density at radius 2 is 1.89 bits per heavy atom. The van der Waals surface area contributed by atoms with Crippen LogP contribution in [0.3, 0.4) is 0 Å². The van der Waals surface area contributed by atoms with Crippen LogP contribution in [0, 0.1) is 5.92 Å². The smallest absolute Gasteiger partial charge is 0.223 e. The summed E-state index contributed by atoms with van der Waals surface area (Å²) in [7, 11) is 1.77. The van der Waals surface area contributed by atoms with E-state index in [1.54, 1.807) is 7.05 Å². The lowest BCUT2D eigenvalue weighted by molar-refractivity contribution is -0.125. The fourth-order valence-electron chi connectivity index (χ4n) is 3.82. The van der Waals surface area contributed by atoms with Gasteiger partial charge in [-0.1, -0.05) is 31.4 Å². The average molecular weight is 373 g/mol. The Hall–Kier alpha value is -2.24. The lowest BCUT2D eigenvalue weighted by Crippen LogP contribution is -2.43. The molecule has 0 saturated heterocycles. The highest BCUT2D eigenvalue weighted by Crippen LogP contribution is 2.26. The molecule has 0 aromatic heterocycles. The molecule has 0 unspecified atom stereocenters. The van der Waals surface area contributed by atoms with E-state index >= 15 is 0 Å². The first-order chi connectivity index (χ1) is 13.3. The van der Waals surface area contributed by atoms with Crippen molar-refractivity contribution in [3.8, 4) is 5.75 Å². The van der Waals surface area contributed by atoms with Crippen LogP contribution in [0.2, 0.25) is 0 Å². The van der Waals surface area contributed by atoms with Gasteiger partial charge in [0.2, 0.25) is 5.91 Å². The molecule has 1 aromatic carbocycles. The highest BCUT2D eigenvalue weighted by molar-refractivity contribution is 5.80. The highest BCUT2D eigenvalue weighted by Gasteiger charge is 2.20. The molecule has 2 aliphatic rings. The highest BCUT2D eigenvalue weighted by atomic mass is 16.5. The number of fused-ring (bicyclic) bond motifs is 1. The molecule has 3 rings (SSSR count). The number of hydrogen-bond acceptors (Lipinski definition) is 3. The number of benzene rings is 1. The fraction of sp³-hybridized carbons (Fsp3) is 0.619. The quantitative estimate of drug-likeness (QED) is 0.389. The molecule has 148 valence electrons. The minimum absolute atomic E-state index is 0.208.